The van der Waals surface area contributed by atoms with Gasteiger partial charge in [-0.3, -0.25) is 4.98 Å². The molecule has 0 unspecified atom stereocenters. The summed E-state index contributed by atoms with van der Waals surface area (Å²) in [5.41, 5.74) is 3.16. The second kappa shape index (κ2) is 4.60. The van der Waals surface area contributed by atoms with Crippen LogP contribution in [0.4, 0.5) is 4.39 Å². The summed E-state index contributed by atoms with van der Waals surface area (Å²) in [5, 5.41) is 1.03. The second-order valence-electron chi connectivity index (χ2n) is 4.03. The lowest BCUT2D eigenvalue weighted by molar-refractivity contribution is 0.629. The first kappa shape index (κ1) is 11.1. The van der Waals surface area contributed by atoms with Crippen molar-refractivity contribution in [1.82, 2.24) is 4.98 Å². The molecule has 1 aromatic carbocycles. The highest BCUT2D eigenvalue weighted by Gasteiger charge is 2.05. The first-order valence-electron chi connectivity index (χ1n) is 5.82. The van der Waals surface area contributed by atoms with Crippen LogP contribution in [-0.2, 0) is 12.8 Å². The van der Waals surface area contributed by atoms with Crippen LogP contribution in [0.3, 0.4) is 0 Å². The molecule has 0 N–H and O–H groups in total. The van der Waals surface area contributed by atoms with E-state index in [0.29, 0.717) is 0 Å². The van der Waals surface area contributed by atoms with Gasteiger partial charge in [-0.15, -0.1) is 0 Å². The first-order chi connectivity index (χ1) is 7.74. The topological polar surface area (TPSA) is 12.9 Å². The van der Waals surface area contributed by atoms with Crippen molar-refractivity contribution in [3.05, 3.63) is 41.3 Å². The molecule has 0 amide bonds. The minimum absolute atomic E-state index is 0.216. The van der Waals surface area contributed by atoms with Gasteiger partial charge >= 0.3 is 0 Å². The van der Waals surface area contributed by atoms with E-state index >= 15 is 0 Å². The molecule has 0 atom stereocenters. The molecule has 2 aromatic rings. The van der Waals surface area contributed by atoms with Gasteiger partial charge in [-0.2, -0.15) is 0 Å². The van der Waals surface area contributed by atoms with Crippen molar-refractivity contribution in [2.75, 3.05) is 0 Å². The minimum atomic E-state index is -0.216. The van der Waals surface area contributed by atoms with Crippen LogP contribution in [0, 0.1) is 5.82 Å². The van der Waals surface area contributed by atoms with Crippen molar-refractivity contribution in [3.63, 3.8) is 0 Å². The molecular formula is C14H16FN. The summed E-state index contributed by atoms with van der Waals surface area (Å²) in [6.07, 6.45) is 3.02. The average Bonchev–Trinajstić information content (AvgIpc) is 2.28. The van der Waals surface area contributed by atoms with E-state index in [1.165, 1.54) is 17.7 Å². The van der Waals surface area contributed by atoms with Crippen LogP contribution in [0.5, 0.6) is 0 Å². The second-order valence-corrected chi connectivity index (χ2v) is 4.03. The standard InChI is InChI=1S/C14H16FN/c1-3-5-13-10(4-2)8-11-6-7-12(15)9-14(11)16-13/h6-9H,3-5H2,1-2H3. The van der Waals surface area contributed by atoms with E-state index in [4.69, 9.17) is 0 Å². The van der Waals surface area contributed by atoms with Crippen LogP contribution in [0.25, 0.3) is 10.9 Å². The SMILES string of the molecule is CCCc1nc2cc(F)ccc2cc1CC. The van der Waals surface area contributed by atoms with Crippen LogP contribution in [0.1, 0.15) is 31.5 Å². The summed E-state index contributed by atoms with van der Waals surface area (Å²) >= 11 is 0. The third-order valence-electron chi connectivity index (χ3n) is 2.82. The van der Waals surface area contributed by atoms with Gasteiger partial charge < -0.3 is 0 Å². The highest BCUT2D eigenvalue weighted by Crippen LogP contribution is 2.19. The predicted molar refractivity (Wildman–Crippen MR) is 65.1 cm³/mol. The molecule has 84 valence electrons. The lowest BCUT2D eigenvalue weighted by atomic mass is 10.0. The van der Waals surface area contributed by atoms with Gasteiger partial charge in [-0.25, -0.2) is 4.39 Å². The first-order valence-corrected chi connectivity index (χ1v) is 5.82. The largest absolute Gasteiger partial charge is 0.252 e. The number of benzene rings is 1. The Balaban J connectivity index is 2.60. The van der Waals surface area contributed by atoms with Crippen LogP contribution in [-0.4, -0.2) is 4.98 Å². The summed E-state index contributed by atoms with van der Waals surface area (Å²) in [6, 6.07) is 6.93. The number of aryl methyl sites for hydroxylation is 2. The Morgan fingerprint density at radius 1 is 1.19 bits per heavy atom. The number of aromatic nitrogens is 1. The molecule has 2 rings (SSSR count). The number of rotatable bonds is 3. The zero-order valence-electron chi connectivity index (χ0n) is 9.76. The molecule has 0 fully saturated rings. The molecule has 0 radical (unpaired) electrons. The number of fused-ring (bicyclic) bond motifs is 1. The van der Waals surface area contributed by atoms with E-state index in [-0.39, 0.29) is 5.82 Å². The van der Waals surface area contributed by atoms with Crippen molar-refractivity contribution < 1.29 is 4.39 Å². The molecule has 0 aliphatic heterocycles. The molecule has 1 nitrogen and oxygen atoms in total. The van der Waals surface area contributed by atoms with Crippen LogP contribution < -0.4 is 0 Å². The summed E-state index contributed by atoms with van der Waals surface area (Å²) in [4.78, 5) is 4.56. The number of hydrogen-bond acceptors (Lipinski definition) is 1. The average molecular weight is 217 g/mol. The Hall–Kier alpha value is -1.44. The molecule has 2 heteroatoms. The molecule has 0 saturated carbocycles. The fourth-order valence-electron chi connectivity index (χ4n) is 1.98. The maximum absolute atomic E-state index is 13.1. The Morgan fingerprint density at radius 3 is 2.69 bits per heavy atom. The Kier molecular flexibility index (Phi) is 3.18. The lowest BCUT2D eigenvalue weighted by Gasteiger charge is -2.08. The van der Waals surface area contributed by atoms with Crippen molar-refractivity contribution >= 4 is 10.9 Å². The molecule has 0 spiro atoms. The van der Waals surface area contributed by atoms with Gasteiger partial charge in [0.2, 0.25) is 0 Å². The fraction of sp³-hybridized carbons (Fsp3) is 0.357. The van der Waals surface area contributed by atoms with Gasteiger partial charge in [0, 0.05) is 17.1 Å². The van der Waals surface area contributed by atoms with E-state index in [0.717, 1.165) is 35.9 Å². The van der Waals surface area contributed by atoms with Crippen molar-refractivity contribution in [2.45, 2.75) is 33.1 Å². The lowest BCUT2D eigenvalue weighted by Crippen LogP contribution is -1.97. The van der Waals surface area contributed by atoms with Crippen molar-refractivity contribution in [1.29, 1.82) is 0 Å². The molecule has 0 aliphatic carbocycles. The molecule has 1 aromatic heterocycles. The van der Waals surface area contributed by atoms with E-state index < -0.39 is 0 Å². The number of halogens is 1. The van der Waals surface area contributed by atoms with Crippen molar-refractivity contribution in [3.8, 4) is 0 Å². The van der Waals surface area contributed by atoms with E-state index in [1.54, 1.807) is 6.07 Å². The maximum Gasteiger partial charge on any atom is 0.125 e. The van der Waals surface area contributed by atoms with Crippen molar-refractivity contribution in [2.24, 2.45) is 0 Å². The highest BCUT2D eigenvalue weighted by atomic mass is 19.1. The smallest absolute Gasteiger partial charge is 0.125 e. The van der Waals surface area contributed by atoms with Gasteiger partial charge in [-0.05, 0) is 36.6 Å². The summed E-state index contributed by atoms with van der Waals surface area (Å²) < 4.78 is 13.1. The normalized spacial score (nSPS) is 10.9. The Morgan fingerprint density at radius 2 is 2.00 bits per heavy atom. The molecule has 16 heavy (non-hydrogen) atoms. The van der Waals surface area contributed by atoms with Crippen LogP contribution in [0.15, 0.2) is 24.3 Å². The van der Waals surface area contributed by atoms with Crippen LogP contribution in [0.2, 0.25) is 0 Å². The molecule has 0 bridgehead atoms. The van der Waals surface area contributed by atoms with E-state index in [2.05, 4.69) is 24.9 Å². The minimum Gasteiger partial charge on any atom is -0.252 e. The predicted octanol–water partition coefficient (Wildman–Crippen LogP) is 3.89. The molecular weight excluding hydrogens is 201 g/mol. The number of pyridine rings is 1. The van der Waals surface area contributed by atoms with Gasteiger partial charge in [0.1, 0.15) is 5.82 Å². The van der Waals surface area contributed by atoms with Gasteiger partial charge in [0.15, 0.2) is 0 Å². The van der Waals surface area contributed by atoms with Crippen LogP contribution >= 0.6 is 0 Å². The highest BCUT2D eigenvalue weighted by molar-refractivity contribution is 5.79. The van der Waals surface area contributed by atoms with E-state index in [9.17, 15) is 4.39 Å². The third kappa shape index (κ3) is 2.06. The summed E-state index contributed by atoms with van der Waals surface area (Å²) in [6.45, 7) is 4.27. The third-order valence-corrected chi connectivity index (χ3v) is 2.82. The maximum atomic E-state index is 13.1. The Labute approximate surface area is 95.3 Å². The van der Waals surface area contributed by atoms with Gasteiger partial charge in [0.05, 0.1) is 5.52 Å². The fourth-order valence-corrected chi connectivity index (χ4v) is 1.98. The summed E-state index contributed by atoms with van der Waals surface area (Å²) in [5.74, 6) is -0.216. The quantitative estimate of drug-likeness (QED) is 0.760. The zero-order chi connectivity index (χ0) is 11.5. The molecule has 0 saturated heterocycles. The van der Waals surface area contributed by atoms with E-state index in [1.807, 2.05) is 0 Å². The Bertz CT molecular complexity index is 505. The van der Waals surface area contributed by atoms with Gasteiger partial charge in [-0.1, -0.05) is 20.3 Å². The number of nitrogens with zero attached hydrogens (tertiary/aromatic N) is 1. The van der Waals surface area contributed by atoms with Gasteiger partial charge in [0.25, 0.3) is 0 Å². The molecule has 0 aliphatic rings. The molecule has 1 heterocycles. The summed E-state index contributed by atoms with van der Waals surface area (Å²) in [7, 11) is 0. The monoisotopic (exact) mass is 217 g/mol. The zero-order valence-corrected chi connectivity index (χ0v) is 9.76. The number of hydrogen-bond donors (Lipinski definition) is 0.